The summed E-state index contributed by atoms with van der Waals surface area (Å²) in [6.45, 7) is 8.25. The summed E-state index contributed by atoms with van der Waals surface area (Å²) in [5.41, 5.74) is 8.91. The van der Waals surface area contributed by atoms with Crippen LogP contribution in [-0.4, -0.2) is 18.3 Å². The first-order valence-corrected chi connectivity index (χ1v) is 9.20. The van der Waals surface area contributed by atoms with Gasteiger partial charge < -0.3 is 15.9 Å². The fourth-order valence-electron chi connectivity index (χ4n) is 2.50. The topological polar surface area (TPSA) is 76.7 Å². The van der Waals surface area contributed by atoms with E-state index in [0.29, 0.717) is 11.8 Å². The predicted octanol–water partition coefficient (Wildman–Crippen LogP) is 4.27. The maximum Gasteiger partial charge on any atom is 0.265 e. The van der Waals surface area contributed by atoms with Gasteiger partial charge in [0, 0.05) is 5.69 Å². The summed E-state index contributed by atoms with van der Waals surface area (Å²) in [5, 5.41) is 8.69. The number of carbonyl (C=O) groups excluding carboxylic acids is 1. The molecule has 0 radical (unpaired) electrons. The van der Waals surface area contributed by atoms with Crippen molar-refractivity contribution < 1.29 is 9.63 Å². The van der Waals surface area contributed by atoms with Crippen LogP contribution >= 0.6 is 11.3 Å². The van der Waals surface area contributed by atoms with E-state index in [1.807, 2.05) is 35.7 Å². The minimum atomic E-state index is -0.252. The van der Waals surface area contributed by atoms with Crippen LogP contribution in [0.2, 0.25) is 0 Å². The highest BCUT2D eigenvalue weighted by molar-refractivity contribution is 7.12. The van der Waals surface area contributed by atoms with E-state index < -0.39 is 0 Å². The summed E-state index contributed by atoms with van der Waals surface area (Å²) in [6, 6.07) is 9.84. The number of hydrogen-bond acceptors (Lipinski definition) is 4. The molecule has 0 unspecified atom stereocenters. The van der Waals surface area contributed by atoms with Crippen molar-refractivity contribution in [1.29, 1.82) is 0 Å². The zero-order chi connectivity index (χ0) is 18.4. The number of oxime groups is 1. The van der Waals surface area contributed by atoms with Gasteiger partial charge in [0.05, 0.1) is 4.88 Å². The summed E-state index contributed by atoms with van der Waals surface area (Å²) < 4.78 is 0. The fourth-order valence-corrected chi connectivity index (χ4v) is 3.12. The third-order valence-corrected chi connectivity index (χ3v) is 4.66. The summed E-state index contributed by atoms with van der Waals surface area (Å²) in [4.78, 5) is 18.2. The highest BCUT2D eigenvalue weighted by Gasteiger charge is 2.16. The molecule has 0 bridgehead atoms. The van der Waals surface area contributed by atoms with Gasteiger partial charge in [-0.1, -0.05) is 57.1 Å². The second-order valence-electron chi connectivity index (χ2n) is 6.40. The Hall–Kier alpha value is -2.34. The van der Waals surface area contributed by atoms with E-state index in [-0.39, 0.29) is 18.3 Å². The van der Waals surface area contributed by atoms with Crippen LogP contribution < -0.4 is 11.1 Å². The van der Waals surface area contributed by atoms with Crippen molar-refractivity contribution in [2.75, 3.05) is 11.9 Å². The van der Waals surface area contributed by atoms with Crippen LogP contribution in [-0.2, 0) is 9.63 Å². The third-order valence-electron chi connectivity index (χ3n) is 3.77. The zero-order valence-electron chi connectivity index (χ0n) is 15.1. The summed E-state index contributed by atoms with van der Waals surface area (Å²) >= 11 is 1.47. The molecule has 1 heterocycles. The molecule has 0 spiro atoms. The minimum absolute atomic E-state index is 0.184. The lowest BCUT2D eigenvalue weighted by Crippen LogP contribution is -2.21. The van der Waals surface area contributed by atoms with Crippen molar-refractivity contribution in [2.45, 2.75) is 39.5 Å². The maximum absolute atomic E-state index is 12.3. The van der Waals surface area contributed by atoms with Crippen LogP contribution in [0.1, 0.15) is 55.5 Å². The van der Waals surface area contributed by atoms with E-state index in [1.165, 1.54) is 11.3 Å². The van der Waals surface area contributed by atoms with Gasteiger partial charge >= 0.3 is 0 Å². The van der Waals surface area contributed by atoms with E-state index in [4.69, 9.17) is 10.6 Å². The van der Waals surface area contributed by atoms with Crippen LogP contribution in [0.5, 0.6) is 0 Å². The minimum Gasteiger partial charge on any atom is -0.384 e. The van der Waals surface area contributed by atoms with Gasteiger partial charge in [-0.2, -0.15) is 0 Å². The SMILES string of the molecule is CC(C)c1cccc(C(C)C)c1NC(=O)CO/N=C(\N)c1cccs1. The Morgan fingerprint density at radius 3 is 2.32 bits per heavy atom. The molecule has 2 rings (SSSR count). The lowest BCUT2D eigenvalue weighted by molar-refractivity contribution is -0.120. The highest BCUT2D eigenvalue weighted by Crippen LogP contribution is 2.32. The van der Waals surface area contributed by atoms with Gasteiger partial charge in [0.1, 0.15) is 0 Å². The predicted molar refractivity (Wildman–Crippen MR) is 104 cm³/mol. The number of carbonyl (C=O) groups is 1. The lowest BCUT2D eigenvalue weighted by atomic mass is 9.92. The molecule has 1 aromatic heterocycles. The van der Waals surface area contributed by atoms with E-state index in [2.05, 4.69) is 38.2 Å². The number of rotatable bonds is 7. The van der Waals surface area contributed by atoms with Crippen LogP contribution in [0.3, 0.4) is 0 Å². The van der Waals surface area contributed by atoms with Crippen LogP contribution in [0, 0.1) is 0 Å². The number of nitrogens with zero attached hydrogens (tertiary/aromatic N) is 1. The Morgan fingerprint density at radius 1 is 1.16 bits per heavy atom. The van der Waals surface area contributed by atoms with Crippen LogP contribution in [0.25, 0.3) is 0 Å². The summed E-state index contributed by atoms with van der Waals surface area (Å²) in [6.07, 6.45) is 0. The Kier molecular flexibility index (Phi) is 6.58. The van der Waals surface area contributed by atoms with Crippen molar-refractivity contribution in [3.63, 3.8) is 0 Å². The highest BCUT2D eigenvalue weighted by atomic mass is 32.1. The van der Waals surface area contributed by atoms with Crippen LogP contribution in [0.4, 0.5) is 5.69 Å². The molecule has 0 aliphatic carbocycles. The molecular weight excluding hydrogens is 334 g/mol. The number of nitrogens with one attached hydrogen (secondary N) is 1. The Morgan fingerprint density at radius 2 is 1.80 bits per heavy atom. The standard InChI is InChI=1S/C19H25N3O2S/c1-12(2)14-7-5-8-15(13(3)4)18(14)21-17(23)11-24-22-19(20)16-9-6-10-25-16/h5-10,12-13H,11H2,1-4H3,(H2,20,22)(H,21,23). The number of anilines is 1. The molecule has 0 fully saturated rings. The molecule has 1 amide bonds. The van der Waals surface area contributed by atoms with E-state index in [9.17, 15) is 4.79 Å². The van der Waals surface area contributed by atoms with Gasteiger partial charge in [-0.05, 0) is 34.4 Å². The molecular formula is C19H25N3O2S. The number of hydrogen-bond donors (Lipinski definition) is 2. The molecule has 6 heteroatoms. The number of nitrogens with two attached hydrogens (primary N) is 1. The largest absolute Gasteiger partial charge is 0.384 e. The molecule has 134 valence electrons. The Bertz CT molecular complexity index is 711. The van der Waals surface area contributed by atoms with Crippen molar-refractivity contribution >= 4 is 28.8 Å². The van der Waals surface area contributed by atoms with Gasteiger partial charge in [0.15, 0.2) is 12.4 Å². The van der Waals surface area contributed by atoms with Crippen molar-refractivity contribution in [1.82, 2.24) is 0 Å². The Balaban J connectivity index is 2.06. The number of amidine groups is 1. The second kappa shape index (κ2) is 8.67. The molecule has 0 aliphatic rings. The molecule has 0 saturated carbocycles. The number of thiophene rings is 1. The lowest BCUT2D eigenvalue weighted by Gasteiger charge is -2.19. The molecule has 0 aliphatic heterocycles. The summed E-state index contributed by atoms with van der Waals surface area (Å²) in [5.74, 6) is 0.635. The average molecular weight is 359 g/mol. The normalized spacial score (nSPS) is 11.8. The van der Waals surface area contributed by atoms with Crippen molar-refractivity contribution in [3.05, 3.63) is 51.7 Å². The first-order chi connectivity index (χ1) is 11.9. The molecule has 0 saturated heterocycles. The molecule has 3 N–H and O–H groups in total. The second-order valence-corrected chi connectivity index (χ2v) is 7.34. The molecule has 25 heavy (non-hydrogen) atoms. The van der Waals surface area contributed by atoms with E-state index in [1.54, 1.807) is 0 Å². The first kappa shape index (κ1) is 19.0. The monoisotopic (exact) mass is 359 g/mol. The van der Waals surface area contributed by atoms with Gasteiger partial charge in [-0.25, -0.2) is 0 Å². The molecule has 0 atom stereocenters. The van der Waals surface area contributed by atoms with E-state index >= 15 is 0 Å². The van der Waals surface area contributed by atoms with Gasteiger partial charge in [-0.15, -0.1) is 11.3 Å². The fraction of sp³-hybridized carbons (Fsp3) is 0.368. The number of para-hydroxylation sites is 1. The maximum atomic E-state index is 12.3. The molecule has 2 aromatic rings. The number of amides is 1. The van der Waals surface area contributed by atoms with Crippen LogP contribution in [0.15, 0.2) is 40.9 Å². The Labute approximate surface area is 152 Å². The van der Waals surface area contributed by atoms with Gasteiger partial charge in [0.25, 0.3) is 5.91 Å². The number of benzene rings is 1. The smallest absolute Gasteiger partial charge is 0.265 e. The van der Waals surface area contributed by atoms with Crippen molar-refractivity contribution in [3.8, 4) is 0 Å². The first-order valence-electron chi connectivity index (χ1n) is 8.32. The van der Waals surface area contributed by atoms with Gasteiger partial charge in [-0.3, -0.25) is 4.79 Å². The molecule has 5 nitrogen and oxygen atoms in total. The zero-order valence-corrected chi connectivity index (χ0v) is 15.9. The molecule has 1 aromatic carbocycles. The van der Waals surface area contributed by atoms with E-state index in [0.717, 1.165) is 21.7 Å². The van der Waals surface area contributed by atoms with Gasteiger partial charge in [0.2, 0.25) is 0 Å². The van der Waals surface area contributed by atoms with Crippen molar-refractivity contribution in [2.24, 2.45) is 10.9 Å². The average Bonchev–Trinajstić information content (AvgIpc) is 3.09. The third kappa shape index (κ3) is 5.06. The summed E-state index contributed by atoms with van der Waals surface area (Å²) in [7, 11) is 0. The quantitative estimate of drug-likeness (QED) is 0.440.